The molecule has 0 radical (unpaired) electrons. The van der Waals surface area contributed by atoms with Crippen LogP contribution in [-0.4, -0.2) is 47.1 Å². The number of fused-ring (bicyclic) bond motifs is 1. The summed E-state index contributed by atoms with van der Waals surface area (Å²) < 4.78 is 24.2. The highest BCUT2D eigenvalue weighted by Crippen LogP contribution is 2.39. The zero-order valence-corrected chi connectivity index (χ0v) is 10.5. The van der Waals surface area contributed by atoms with E-state index in [9.17, 15) is 23.5 Å². The van der Waals surface area contributed by atoms with Crippen LogP contribution in [0.5, 0.6) is 0 Å². The third-order valence-corrected chi connectivity index (χ3v) is 4.02. The Bertz CT molecular complexity index is 365. The van der Waals surface area contributed by atoms with Gasteiger partial charge in [0.25, 0.3) is 6.43 Å². The molecule has 5 nitrogen and oxygen atoms in total. The van der Waals surface area contributed by atoms with E-state index in [0.717, 1.165) is 25.7 Å². The molecule has 2 N–H and O–H groups in total. The van der Waals surface area contributed by atoms with E-state index < -0.39 is 31.0 Å². The van der Waals surface area contributed by atoms with E-state index in [1.54, 1.807) is 0 Å². The molecule has 1 saturated heterocycles. The van der Waals surface area contributed by atoms with Gasteiger partial charge in [-0.15, -0.1) is 0 Å². The van der Waals surface area contributed by atoms with Crippen molar-refractivity contribution in [1.82, 2.24) is 10.2 Å². The molecular weight excluding hydrogens is 258 g/mol. The van der Waals surface area contributed by atoms with Gasteiger partial charge in [-0.2, -0.15) is 0 Å². The Morgan fingerprint density at radius 1 is 1.32 bits per heavy atom. The lowest BCUT2D eigenvalue weighted by molar-refractivity contribution is -0.141. The minimum Gasteiger partial charge on any atom is -0.480 e. The first-order valence-corrected chi connectivity index (χ1v) is 6.58. The number of nitrogens with zero attached hydrogens (tertiary/aromatic N) is 1. The van der Waals surface area contributed by atoms with Crippen molar-refractivity contribution in [1.29, 1.82) is 0 Å². The van der Waals surface area contributed by atoms with Crippen LogP contribution in [0, 0.1) is 5.92 Å². The number of halogens is 2. The number of aliphatic carboxylic acids is 1. The highest BCUT2D eigenvalue weighted by Gasteiger charge is 2.47. The van der Waals surface area contributed by atoms with Gasteiger partial charge in [-0.1, -0.05) is 12.8 Å². The van der Waals surface area contributed by atoms with Crippen LogP contribution in [0.3, 0.4) is 0 Å². The van der Waals surface area contributed by atoms with Crippen molar-refractivity contribution in [2.75, 3.05) is 6.54 Å². The summed E-state index contributed by atoms with van der Waals surface area (Å²) in [5, 5.41) is 11.3. The Balaban J connectivity index is 2.08. The molecular formula is C12H18F2N2O3. The number of carbonyl (C=O) groups is 2. The maximum absolute atomic E-state index is 12.1. The average Bonchev–Trinajstić information content (AvgIpc) is 2.75. The fourth-order valence-corrected chi connectivity index (χ4v) is 3.23. The average molecular weight is 276 g/mol. The number of hydrogen-bond acceptors (Lipinski definition) is 2. The quantitative estimate of drug-likeness (QED) is 0.824. The van der Waals surface area contributed by atoms with E-state index in [1.165, 1.54) is 4.90 Å². The van der Waals surface area contributed by atoms with Crippen molar-refractivity contribution < 1.29 is 23.5 Å². The van der Waals surface area contributed by atoms with Gasteiger partial charge in [0.15, 0.2) is 0 Å². The predicted molar refractivity (Wildman–Crippen MR) is 63.0 cm³/mol. The Morgan fingerprint density at radius 2 is 2.00 bits per heavy atom. The SMILES string of the molecule is O=C(O)C1CC2CCCCC2N1C(=O)NCC(F)F. The molecule has 108 valence electrons. The Hall–Kier alpha value is -1.40. The molecule has 0 aromatic rings. The summed E-state index contributed by atoms with van der Waals surface area (Å²) in [4.78, 5) is 24.4. The maximum atomic E-state index is 12.1. The van der Waals surface area contributed by atoms with E-state index >= 15 is 0 Å². The first-order chi connectivity index (χ1) is 9.00. The molecule has 1 aliphatic heterocycles. The minimum atomic E-state index is -2.63. The first kappa shape index (κ1) is 14.0. The van der Waals surface area contributed by atoms with Crippen LogP contribution in [0.15, 0.2) is 0 Å². The van der Waals surface area contributed by atoms with Crippen molar-refractivity contribution >= 4 is 12.0 Å². The van der Waals surface area contributed by atoms with E-state index in [-0.39, 0.29) is 12.0 Å². The van der Waals surface area contributed by atoms with Gasteiger partial charge in [0, 0.05) is 6.04 Å². The number of carboxylic acids is 1. The number of amides is 2. The molecule has 3 unspecified atom stereocenters. The lowest BCUT2D eigenvalue weighted by Crippen LogP contribution is -2.51. The minimum absolute atomic E-state index is 0.118. The van der Waals surface area contributed by atoms with Crippen LogP contribution in [0.1, 0.15) is 32.1 Å². The second-order valence-electron chi connectivity index (χ2n) is 5.19. The van der Waals surface area contributed by atoms with Crippen molar-refractivity contribution in [2.24, 2.45) is 5.92 Å². The third-order valence-electron chi connectivity index (χ3n) is 4.02. The van der Waals surface area contributed by atoms with Crippen LogP contribution in [-0.2, 0) is 4.79 Å². The van der Waals surface area contributed by atoms with Crippen LogP contribution in [0.25, 0.3) is 0 Å². The van der Waals surface area contributed by atoms with Crippen LogP contribution < -0.4 is 5.32 Å². The zero-order chi connectivity index (χ0) is 14.0. The van der Waals surface area contributed by atoms with E-state index in [1.807, 2.05) is 0 Å². The van der Waals surface area contributed by atoms with Crippen molar-refractivity contribution in [3.8, 4) is 0 Å². The topological polar surface area (TPSA) is 69.6 Å². The number of carboxylic acid groups (broad SMARTS) is 1. The predicted octanol–water partition coefficient (Wildman–Crippen LogP) is 1.68. The summed E-state index contributed by atoms with van der Waals surface area (Å²) in [6, 6.07) is -1.68. The second kappa shape index (κ2) is 5.71. The van der Waals surface area contributed by atoms with E-state index in [2.05, 4.69) is 5.32 Å². The molecule has 3 atom stereocenters. The molecule has 2 rings (SSSR count). The number of likely N-dealkylation sites (tertiary alicyclic amines) is 1. The molecule has 1 aliphatic carbocycles. The first-order valence-electron chi connectivity index (χ1n) is 6.58. The summed E-state index contributed by atoms with van der Waals surface area (Å²) in [5.74, 6) is -0.867. The van der Waals surface area contributed by atoms with Crippen molar-refractivity contribution in [2.45, 2.75) is 50.6 Å². The molecule has 7 heteroatoms. The molecule has 2 fully saturated rings. The lowest BCUT2D eigenvalue weighted by Gasteiger charge is -2.32. The van der Waals surface area contributed by atoms with Gasteiger partial charge >= 0.3 is 12.0 Å². The zero-order valence-electron chi connectivity index (χ0n) is 10.5. The van der Waals surface area contributed by atoms with Gasteiger partial charge in [0.2, 0.25) is 0 Å². The molecule has 19 heavy (non-hydrogen) atoms. The molecule has 1 heterocycles. The van der Waals surface area contributed by atoms with Gasteiger partial charge in [-0.25, -0.2) is 18.4 Å². The lowest BCUT2D eigenvalue weighted by atomic mass is 9.85. The number of nitrogens with one attached hydrogen (secondary N) is 1. The van der Waals surface area contributed by atoms with Gasteiger partial charge < -0.3 is 15.3 Å². The molecule has 0 spiro atoms. The Kier molecular flexibility index (Phi) is 4.21. The normalized spacial score (nSPS) is 30.3. The molecule has 2 aliphatic rings. The summed E-state index contributed by atoms with van der Waals surface area (Å²) >= 11 is 0. The van der Waals surface area contributed by atoms with Crippen LogP contribution >= 0.6 is 0 Å². The standard InChI is InChI=1S/C12H18F2N2O3/c13-10(14)6-15-12(19)16-8-4-2-1-3-7(8)5-9(16)11(17)18/h7-10H,1-6H2,(H,15,19)(H,17,18). The number of urea groups is 1. The smallest absolute Gasteiger partial charge is 0.326 e. The fraction of sp³-hybridized carbons (Fsp3) is 0.833. The second-order valence-corrected chi connectivity index (χ2v) is 5.19. The van der Waals surface area contributed by atoms with Crippen molar-refractivity contribution in [3.05, 3.63) is 0 Å². The van der Waals surface area contributed by atoms with Crippen molar-refractivity contribution in [3.63, 3.8) is 0 Å². The molecule has 0 bridgehead atoms. The Morgan fingerprint density at radius 3 is 2.63 bits per heavy atom. The summed E-state index contributed by atoms with van der Waals surface area (Å²) in [6.45, 7) is -0.737. The third kappa shape index (κ3) is 2.96. The maximum Gasteiger partial charge on any atom is 0.326 e. The number of alkyl halides is 2. The van der Waals surface area contributed by atoms with Crippen LogP contribution in [0.2, 0.25) is 0 Å². The highest BCUT2D eigenvalue weighted by atomic mass is 19.3. The highest BCUT2D eigenvalue weighted by molar-refractivity contribution is 5.83. The monoisotopic (exact) mass is 276 g/mol. The summed E-state index contributed by atoms with van der Waals surface area (Å²) in [5.41, 5.74) is 0. The molecule has 0 aromatic carbocycles. The number of hydrogen-bond donors (Lipinski definition) is 2. The van der Waals surface area contributed by atoms with E-state index in [4.69, 9.17) is 0 Å². The van der Waals surface area contributed by atoms with Gasteiger partial charge in [-0.3, -0.25) is 0 Å². The number of carbonyl (C=O) groups excluding carboxylic acids is 1. The number of rotatable bonds is 3. The molecule has 0 aromatic heterocycles. The fourth-order valence-electron chi connectivity index (χ4n) is 3.23. The molecule has 2 amide bonds. The van der Waals surface area contributed by atoms with E-state index in [0.29, 0.717) is 6.42 Å². The van der Waals surface area contributed by atoms with Gasteiger partial charge in [-0.05, 0) is 25.2 Å². The van der Waals surface area contributed by atoms with Gasteiger partial charge in [0.05, 0.1) is 6.54 Å². The Labute approximate surface area is 109 Å². The largest absolute Gasteiger partial charge is 0.480 e. The summed E-state index contributed by atoms with van der Waals surface area (Å²) in [7, 11) is 0. The molecule has 1 saturated carbocycles. The van der Waals surface area contributed by atoms with Gasteiger partial charge in [0.1, 0.15) is 6.04 Å². The van der Waals surface area contributed by atoms with Crippen LogP contribution in [0.4, 0.5) is 13.6 Å². The summed E-state index contributed by atoms with van der Waals surface area (Å²) in [6.07, 6.45) is 1.47.